The first-order valence-corrected chi connectivity index (χ1v) is 11.0. The zero-order valence-electron chi connectivity index (χ0n) is 17.9. The summed E-state index contributed by atoms with van der Waals surface area (Å²) in [6.07, 6.45) is -4.45. The van der Waals surface area contributed by atoms with Crippen LogP contribution in [0.25, 0.3) is 10.6 Å². The second-order valence-electron chi connectivity index (χ2n) is 7.93. The van der Waals surface area contributed by atoms with Crippen molar-refractivity contribution in [3.05, 3.63) is 70.2 Å². The van der Waals surface area contributed by atoms with E-state index in [1.54, 1.807) is 24.3 Å². The minimum Gasteiger partial charge on any atom is -0.493 e. The number of ether oxygens (including phenoxy) is 1. The highest BCUT2D eigenvalue weighted by molar-refractivity contribution is 7.15. The van der Waals surface area contributed by atoms with E-state index in [2.05, 4.69) is 0 Å². The fourth-order valence-corrected chi connectivity index (χ4v) is 4.51. The predicted octanol–water partition coefficient (Wildman–Crippen LogP) is 6.76. The Bertz CT molecular complexity index is 1070. The lowest BCUT2D eigenvalue weighted by Gasteiger charge is -2.15. The third-order valence-electron chi connectivity index (χ3n) is 4.89. The Hall–Kier alpha value is -2.87. The van der Waals surface area contributed by atoms with Gasteiger partial charge in [-0.3, -0.25) is 4.79 Å². The summed E-state index contributed by atoms with van der Waals surface area (Å²) in [6.45, 7) is 6.43. The summed E-state index contributed by atoms with van der Waals surface area (Å²) in [4.78, 5) is 16.7. The smallest absolute Gasteiger partial charge is 0.416 e. The van der Waals surface area contributed by atoms with Crippen molar-refractivity contribution in [3.8, 4) is 16.3 Å². The van der Waals surface area contributed by atoms with Gasteiger partial charge in [0.2, 0.25) is 0 Å². The second-order valence-corrected chi connectivity index (χ2v) is 8.96. The van der Waals surface area contributed by atoms with Crippen LogP contribution in [0.5, 0.6) is 5.75 Å². The lowest BCUT2D eigenvalue weighted by atomic mass is 10.0. The molecule has 0 aliphatic heterocycles. The van der Waals surface area contributed by atoms with Gasteiger partial charge in [-0.1, -0.05) is 45.0 Å². The molecule has 1 unspecified atom stereocenters. The molecule has 3 rings (SSSR count). The summed E-state index contributed by atoms with van der Waals surface area (Å²) in [6, 6.07) is 12.0. The summed E-state index contributed by atoms with van der Waals surface area (Å²) in [7, 11) is 0. The molecule has 0 saturated carbocycles. The Balaban J connectivity index is 1.78. The van der Waals surface area contributed by atoms with Gasteiger partial charge < -0.3 is 9.84 Å². The standard InChI is InChI=1S/C24H24F3NO3S/c1-14(2)21-22(15(3)13-31-19-6-4-5-16(11-19)12-20(29)30)32-23(28-21)17-7-9-18(10-8-17)24(25,26)27/h4-11,14-15H,12-13H2,1-3H3,(H,29,30). The number of aromatic nitrogens is 1. The molecule has 0 amide bonds. The number of carboxylic acid groups (broad SMARTS) is 1. The molecule has 1 N–H and O–H groups in total. The maximum Gasteiger partial charge on any atom is 0.416 e. The van der Waals surface area contributed by atoms with Gasteiger partial charge in [-0.2, -0.15) is 13.2 Å². The number of hydrogen-bond donors (Lipinski definition) is 1. The van der Waals surface area contributed by atoms with E-state index in [0.717, 1.165) is 22.7 Å². The molecular weight excluding hydrogens is 439 g/mol. The van der Waals surface area contributed by atoms with Crippen molar-refractivity contribution in [2.24, 2.45) is 0 Å². The minimum atomic E-state index is -4.37. The van der Waals surface area contributed by atoms with Crippen molar-refractivity contribution in [3.63, 3.8) is 0 Å². The summed E-state index contributed by atoms with van der Waals surface area (Å²) in [5, 5.41) is 9.63. The maximum atomic E-state index is 12.9. The van der Waals surface area contributed by atoms with Crippen LogP contribution >= 0.6 is 11.3 Å². The topological polar surface area (TPSA) is 59.4 Å². The Morgan fingerprint density at radius 1 is 1.12 bits per heavy atom. The van der Waals surface area contributed by atoms with Gasteiger partial charge in [-0.25, -0.2) is 4.98 Å². The highest BCUT2D eigenvalue weighted by Gasteiger charge is 2.30. The van der Waals surface area contributed by atoms with Crippen molar-refractivity contribution in [2.45, 2.75) is 45.2 Å². The van der Waals surface area contributed by atoms with E-state index >= 15 is 0 Å². The Morgan fingerprint density at radius 3 is 2.41 bits per heavy atom. The number of carbonyl (C=O) groups is 1. The molecule has 0 radical (unpaired) electrons. The largest absolute Gasteiger partial charge is 0.493 e. The number of benzene rings is 2. The molecule has 170 valence electrons. The minimum absolute atomic E-state index is 0.00349. The van der Waals surface area contributed by atoms with Gasteiger partial charge in [0.05, 0.1) is 24.3 Å². The van der Waals surface area contributed by atoms with Gasteiger partial charge in [-0.05, 0) is 35.7 Å². The van der Waals surface area contributed by atoms with Gasteiger partial charge in [0.1, 0.15) is 10.8 Å². The highest BCUT2D eigenvalue weighted by atomic mass is 32.1. The molecule has 1 aromatic heterocycles. The molecular formula is C24H24F3NO3S. The van der Waals surface area contributed by atoms with E-state index in [9.17, 15) is 18.0 Å². The average Bonchev–Trinajstić information content (AvgIpc) is 3.17. The Morgan fingerprint density at radius 2 is 1.81 bits per heavy atom. The van der Waals surface area contributed by atoms with Crippen LogP contribution in [0.3, 0.4) is 0 Å². The van der Waals surface area contributed by atoms with Crippen molar-refractivity contribution in [1.82, 2.24) is 4.98 Å². The number of hydrogen-bond acceptors (Lipinski definition) is 4. The fraction of sp³-hybridized carbons (Fsp3) is 0.333. The van der Waals surface area contributed by atoms with Gasteiger partial charge >= 0.3 is 12.1 Å². The van der Waals surface area contributed by atoms with E-state index in [0.29, 0.717) is 28.5 Å². The zero-order chi connectivity index (χ0) is 23.5. The lowest BCUT2D eigenvalue weighted by Crippen LogP contribution is -2.09. The third-order valence-corrected chi connectivity index (χ3v) is 6.24. The first kappa shape index (κ1) is 23.8. The fourth-order valence-electron chi connectivity index (χ4n) is 3.25. The van der Waals surface area contributed by atoms with Gasteiger partial charge in [0.15, 0.2) is 0 Å². The Kier molecular flexibility index (Phi) is 7.23. The van der Waals surface area contributed by atoms with E-state index in [1.165, 1.54) is 23.5 Å². The van der Waals surface area contributed by atoms with Crippen LogP contribution in [0.2, 0.25) is 0 Å². The predicted molar refractivity (Wildman–Crippen MR) is 118 cm³/mol. The Labute approximate surface area is 188 Å². The monoisotopic (exact) mass is 463 g/mol. The van der Waals surface area contributed by atoms with E-state index in [4.69, 9.17) is 14.8 Å². The molecule has 0 spiro atoms. The van der Waals surface area contributed by atoms with Crippen LogP contribution in [0, 0.1) is 0 Å². The van der Waals surface area contributed by atoms with Crippen molar-refractivity contribution >= 4 is 17.3 Å². The summed E-state index contributed by atoms with van der Waals surface area (Å²) >= 11 is 1.46. The van der Waals surface area contributed by atoms with Crippen LogP contribution in [-0.4, -0.2) is 22.7 Å². The van der Waals surface area contributed by atoms with Crippen LogP contribution in [0.4, 0.5) is 13.2 Å². The highest BCUT2D eigenvalue weighted by Crippen LogP contribution is 2.38. The van der Waals surface area contributed by atoms with Crippen molar-refractivity contribution < 1.29 is 27.8 Å². The maximum absolute atomic E-state index is 12.9. The molecule has 0 saturated heterocycles. The normalized spacial score (nSPS) is 12.7. The first-order valence-electron chi connectivity index (χ1n) is 10.2. The molecule has 4 nitrogen and oxygen atoms in total. The van der Waals surface area contributed by atoms with E-state index < -0.39 is 17.7 Å². The lowest BCUT2D eigenvalue weighted by molar-refractivity contribution is -0.138. The van der Waals surface area contributed by atoms with Crippen LogP contribution in [-0.2, 0) is 17.4 Å². The number of aliphatic carboxylic acids is 1. The number of nitrogens with zero attached hydrogens (tertiary/aromatic N) is 1. The van der Waals surface area contributed by atoms with Gasteiger partial charge in [-0.15, -0.1) is 11.3 Å². The number of rotatable bonds is 8. The molecule has 0 aliphatic rings. The zero-order valence-corrected chi connectivity index (χ0v) is 18.8. The number of carboxylic acids is 1. The average molecular weight is 464 g/mol. The number of halogens is 3. The molecule has 0 aliphatic carbocycles. The summed E-state index contributed by atoms with van der Waals surface area (Å²) < 4.78 is 44.5. The molecule has 0 fully saturated rings. The SMILES string of the molecule is CC(C)c1nc(-c2ccc(C(F)(F)F)cc2)sc1C(C)COc1cccc(CC(=O)O)c1. The molecule has 0 bridgehead atoms. The molecule has 2 aromatic carbocycles. The first-order chi connectivity index (χ1) is 15.0. The molecule has 32 heavy (non-hydrogen) atoms. The molecule has 3 aromatic rings. The number of thiazole rings is 1. The second kappa shape index (κ2) is 9.73. The van der Waals surface area contributed by atoms with Crippen LogP contribution in [0.1, 0.15) is 54.3 Å². The molecule has 8 heteroatoms. The van der Waals surface area contributed by atoms with E-state index in [1.807, 2.05) is 20.8 Å². The van der Waals surface area contributed by atoms with Crippen LogP contribution in [0.15, 0.2) is 48.5 Å². The molecule has 1 atom stereocenters. The van der Waals surface area contributed by atoms with Gasteiger partial charge in [0, 0.05) is 16.4 Å². The van der Waals surface area contributed by atoms with Gasteiger partial charge in [0.25, 0.3) is 0 Å². The van der Waals surface area contributed by atoms with Crippen LogP contribution < -0.4 is 4.74 Å². The van der Waals surface area contributed by atoms with E-state index in [-0.39, 0.29) is 18.3 Å². The van der Waals surface area contributed by atoms with Crippen molar-refractivity contribution in [1.29, 1.82) is 0 Å². The summed E-state index contributed by atoms with van der Waals surface area (Å²) in [5.74, 6) is -0.172. The molecule has 1 heterocycles. The third kappa shape index (κ3) is 5.88. The van der Waals surface area contributed by atoms with Crippen molar-refractivity contribution in [2.75, 3.05) is 6.61 Å². The summed E-state index contributed by atoms with van der Waals surface area (Å²) in [5.41, 5.74) is 1.52. The number of alkyl halides is 3. The quantitative estimate of drug-likeness (QED) is 0.401.